The minimum absolute atomic E-state index is 0.165. The first-order valence-electron chi connectivity index (χ1n) is 7.10. The third kappa shape index (κ3) is 5.67. The Balaban J connectivity index is 2.31. The van der Waals surface area contributed by atoms with Gasteiger partial charge in [-0.25, -0.2) is 13.1 Å². The number of hydrogen-bond acceptors (Lipinski definition) is 3. The normalized spacial score (nSPS) is 21.1. The minimum atomic E-state index is -3.24. The molecule has 0 heterocycles. The second-order valence-corrected chi connectivity index (χ2v) is 7.49. The van der Waals surface area contributed by atoms with Crippen molar-refractivity contribution < 1.29 is 13.5 Å². The van der Waals surface area contributed by atoms with Gasteiger partial charge in [0, 0.05) is 6.54 Å². The maximum Gasteiger partial charge on any atom is 0.211 e. The van der Waals surface area contributed by atoms with Gasteiger partial charge in [-0.3, -0.25) is 0 Å². The molecule has 5 heteroatoms. The van der Waals surface area contributed by atoms with E-state index in [1.165, 1.54) is 0 Å². The first-order chi connectivity index (χ1) is 8.44. The van der Waals surface area contributed by atoms with Crippen LogP contribution in [0.4, 0.5) is 0 Å². The number of rotatable bonds is 8. The predicted molar refractivity (Wildman–Crippen MR) is 73.8 cm³/mol. The van der Waals surface area contributed by atoms with Gasteiger partial charge in [0.2, 0.25) is 10.0 Å². The molecule has 1 aliphatic carbocycles. The number of aliphatic hydroxyl groups is 1. The maximum absolute atomic E-state index is 11.8. The summed E-state index contributed by atoms with van der Waals surface area (Å²) in [5.74, 6) is 0.620. The first-order valence-corrected chi connectivity index (χ1v) is 8.75. The van der Waals surface area contributed by atoms with Crippen molar-refractivity contribution in [2.45, 2.75) is 58.5 Å². The first kappa shape index (κ1) is 15.9. The van der Waals surface area contributed by atoms with E-state index in [4.69, 9.17) is 0 Å². The van der Waals surface area contributed by atoms with E-state index >= 15 is 0 Å². The van der Waals surface area contributed by atoms with Gasteiger partial charge in [0.05, 0.1) is 11.9 Å². The fourth-order valence-electron chi connectivity index (χ4n) is 2.73. The fourth-order valence-corrected chi connectivity index (χ4v) is 4.19. The van der Waals surface area contributed by atoms with Crippen LogP contribution < -0.4 is 4.72 Å². The zero-order chi connectivity index (χ0) is 13.6. The van der Waals surface area contributed by atoms with E-state index in [0.29, 0.717) is 0 Å². The molecule has 0 aliphatic heterocycles. The van der Waals surface area contributed by atoms with Crippen LogP contribution in [0.2, 0.25) is 0 Å². The van der Waals surface area contributed by atoms with E-state index in [9.17, 15) is 13.5 Å². The van der Waals surface area contributed by atoms with Gasteiger partial charge in [-0.2, -0.15) is 0 Å². The number of hydrogen-bond donors (Lipinski definition) is 2. The third-order valence-corrected chi connectivity index (χ3v) is 5.36. The summed E-state index contributed by atoms with van der Waals surface area (Å²) < 4.78 is 26.2. The molecule has 0 aromatic rings. The molecule has 1 saturated carbocycles. The van der Waals surface area contributed by atoms with Gasteiger partial charge in [-0.15, -0.1) is 0 Å². The number of nitrogens with one attached hydrogen (secondary N) is 1. The van der Waals surface area contributed by atoms with E-state index in [-0.39, 0.29) is 24.1 Å². The molecule has 2 unspecified atom stereocenters. The van der Waals surface area contributed by atoms with Crippen molar-refractivity contribution in [3.8, 4) is 0 Å². The highest BCUT2D eigenvalue weighted by atomic mass is 32.2. The quantitative estimate of drug-likeness (QED) is 0.712. The van der Waals surface area contributed by atoms with Gasteiger partial charge in [-0.1, -0.05) is 33.1 Å². The molecule has 0 aromatic heterocycles. The van der Waals surface area contributed by atoms with Gasteiger partial charge in [0.15, 0.2) is 0 Å². The van der Waals surface area contributed by atoms with Crippen LogP contribution in [0.3, 0.4) is 0 Å². The van der Waals surface area contributed by atoms with E-state index in [2.05, 4.69) is 11.6 Å². The highest BCUT2D eigenvalue weighted by Crippen LogP contribution is 2.27. The summed E-state index contributed by atoms with van der Waals surface area (Å²) in [4.78, 5) is 0. The molecule has 0 aromatic carbocycles. The van der Waals surface area contributed by atoms with Crippen molar-refractivity contribution >= 4 is 10.0 Å². The summed E-state index contributed by atoms with van der Waals surface area (Å²) in [6.07, 6.45) is 5.76. The average Bonchev–Trinajstić information content (AvgIpc) is 2.79. The second-order valence-electron chi connectivity index (χ2n) is 5.64. The molecule has 0 spiro atoms. The molecule has 0 radical (unpaired) electrons. The monoisotopic (exact) mass is 277 g/mol. The average molecular weight is 277 g/mol. The standard InChI is InChI=1S/C13H27NO3S/c1-3-6-11(2)10-18(16,17)14-9-13(15)12-7-4-5-8-12/h11-15H,3-10H2,1-2H3. The zero-order valence-corrected chi connectivity index (χ0v) is 12.4. The molecule has 1 aliphatic rings. The van der Waals surface area contributed by atoms with Gasteiger partial charge in [0.25, 0.3) is 0 Å². The fraction of sp³-hybridized carbons (Fsp3) is 1.00. The van der Waals surface area contributed by atoms with Crippen LogP contribution in [0.5, 0.6) is 0 Å². The van der Waals surface area contributed by atoms with Gasteiger partial charge >= 0.3 is 0 Å². The summed E-state index contributed by atoms with van der Waals surface area (Å²) in [6.45, 7) is 4.18. The summed E-state index contributed by atoms with van der Waals surface area (Å²) in [6, 6.07) is 0. The molecule has 1 fully saturated rings. The zero-order valence-electron chi connectivity index (χ0n) is 11.6. The number of sulfonamides is 1. The lowest BCUT2D eigenvalue weighted by atomic mass is 10.0. The molecule has 4 nitrogen and oxygen atoms in total. The van der Waals surface area contributed by atoms with Gasteiger partial charge in [0.1, 0.15) is 0 Å². The van der Waals surface area contributed by atoms with Crippen molar-refractivity contribution in [2.75, 3.05) is 12.3 Å². The summed E-state index contributed by atoms with van der Waals surface area (Å²) in [5, 5.41) is 9.92. The minimum Gasteiger partial charge on any atom is -0.391 e. The molecule has 2 atom stereocenters. The molecule has 0 amide bonds. The van der Waals surface area contributed by atoms with Crippen molar-refractivity contribution in [3.05, 3.63) is 0 Å². The Bertz CT molecular complexity index is 323. The Morgan fingerprint density at radius 3 is 2.50 bits per heavy atom. The van der Waals surface area contributed by atoms with Crippen LogP contribution in [-0.2, 0) is 10.0 Å². The summed E-state index contributed by atoms with van der Waals surface area (Å²) >= 11 is 0. The van der Waals surface area contributed by atoms with Crippen molar-refractivity contribution in [1.82, 2.24) is 4.72 Å². The van der Waals surface area contributed by atoms with Gasteiger partial charge in [-0.05, 0) is 31.1 Å². The predicted octanol–water partition coefficient (Wildman–Crippen LogP) is 1.89. The lowest BCUT2D eigenvalue weighted by molar-refractivity contribution is 0.115. The second kappa shape index (κ2) is 7.46. The molecule has 18 heavy (non-hydrogen) atoms. The van der Waals surface area contributed by atoms with E-state index in [0.717, 1.165) is 38.5 Å². The SMILES string of the molecule is CCCC(C)CS(=O)(=O)NCC(O)C1CCCC1. The van der Waals surface area contributed by atoms with Crippen LogP contribution >= 0.6 is 0 Å². The lowest BCUT2D eigenvalue weighted by Crippen LogP contribution is -2.37. The topological polar surface area (TPSA) is 66.4 Å². The van der Waals surface area contributed by atoms with Crippen LogP contribution in [-0.4, -0.2) is 31.9 Å². The Labute approximate surface area is 111 Å². The smallest absolute Gasteiger partial charge is 0.211 e. The summed E-state index contributed by atoms with van der Waals surface area (Å²) in [7, 11) is -3.24. The highest BCUT2D eigenvalue weighted by molar-refractivity contribution is 7.89. The molecule has 0 bridgehead atoms. The Morgan fingerprint density at radius 1 is 1.33 bits per heavy atom. The van der Waals surface area contributed by atoms with Crippen molar-refractivity contribution in [2.24, 2.45) is 11.8 Å². The van der Waals surface area contributed by atoms with Gasteiger partial charge < -0.3 is 5.11 Å². The van der Waals surface area contributed by atoms with Crippen LogP contribution in [0.25, 0.3) is 0 Å². The third-order valence-electron chi connectivity index (χ3n) is 3.74. The largest absolute Gasteiger partial charge is 0.391 e. The van der Waals surface area contributed by atoms with E-state index < -0.39 is 16.1 Å². The van der Waals surface area contributed by atoms with Crippen LogP contribution in [0.15, 0.2) is 0 Å². The lowest BCUT2D eigenvalue weighted by Gasteiger charge is -2.19. The molecule has 2 N–H and O–H groups in total. The number of aliphatic hydroxyl groups excluding tert-OH is 1. The molecular formula is C13H27NO3S. The summed E-state index contributed by atoms with van der Waals surface area (Å²) in [5.41, 5.74) is 0. The highest BCUT2D eigenvalue weighted by Gasteiger charge is 2.24. The van der Waals surface area contributed by atoms with Crippen molar-refractivity contribution in [1.29, 1.82) is 0 Å². The molecular weight excluding hydrogens is 250 g/mol. The molecule has 1 rings (SSSR count). The van der Waals surface area contributed by atoms with E-state index in [1.54, 1.807) is 0 Å². The molecule has 0 saturated heterocycles. The Hall–Kier alpha value is -0.130. The van der Waals surface area contributed by atoms with Crippen LogP contribution in [0, 0.1) is 11.8 Å². The Kier molecular flexibility index (Phi) is 6.60. The van der Waals surface area contributed by atoms with Crippen LogP contribution in [0.1, 0.15) is 52.4 Å². The maximum atomic E-state index is 11.8. The Morgan fingerprint density at radius 2 is 1.94 bits per heavy atom. The van der Waals surface area contributed by atoms with Crippen molar-refractivity contribution in [3.63, 3.8) is 0 Å². The van der Waals surface area contributed by atoms with E-state index in [1.807, 2.05) is 6.92 Å². The molecule has 108 valence electrons.